The Hall–Kier alpha value is -1.41. The Morgan fingerprint density at radius 1 is 1.25 bits per heavy atom. The zero-order valence-corrected chi connectivity index (χ0v) is 12.5. The average Bonchev–Trinajstić information content (AvgIpc) is 2.46. The quantitative estimate of drug-likeness (QED) is 0.890. The zero-order valence-electron chi connectivity index (χ0n) is 12.5. The third-order valence-electron chi connectivity index (χ3n) is 4.90. The van der Waals surface area contributed by atoms with Gasteiger partial charge in [0.15, 0.2) is 0 Å². The van der Waals surface area contributed by atoms with Gasteiger partial charge >= 0.3 is 0 Å². The van der Waals surface area contributed by atoms with Crippen molar-refractivity contribution >= 4 is 10.9 Å². The summed E-state index contributed by atoms with van der Waals surface area (Å²) in [6, 6.07) is 10.7. The van der Waals surface area contributed by atoms with Gasteiger partial charge in [-0.25, -0.2) is 0 Å². The van der Waals surface area contributed by atoms with E-state index in [0.717, 1.165) is 12.1 Å². The number of para-hydroxylation sites is 1. The summed E-state index contributed by atoms with van der Waals surface area (Å²) >= 11 is 0. The highest BCUT2D eigenvalue weighted by atomic mass is 14.7. The van der Waals surface area contributed by atoms with Gasteiger partial charge in [0.1, 0.15) is 0 Å². The minimum atomic E-state index is 0.410. The molecule has 0 aliphatic heterocycles. The predicted octanol–water partition coefficient (Wildman–Crippen LogP) is 4.10. The molecular formula is C18H24N2. The van der Waals surface area contributed by atoms with E-state index in [1.54, 1.807) is 0 Å². The van der Waals surface area contributed by atoms with E-state index in [1.807, 2.05) is 12.3 Å². The number of nitrogens with zero attached hydrogens (tertiary/aromatic N) is 1. The lowest BCUT2D eigenvalue weighted by atomic mass is 9.65. The van der Waals surface area contributed by atoms with Gasteiger partial charge in [-0.05, 0) is 54.7 Å². The van der Waals surface area contributed by atoms with Crippen molar-refractivity contribution in [2.75, 3.05) is 6.54 Å². The van der Waals surface area contributed by atoms with Crippen LogP contribution in [0.5, 0.6) is 0 Å². The van der Waals surface area contributed by atoms with Crippen LogP contribution in [-0.2, 0) is 0 Å². The molecule has 0 bridgehead atoms. The molecule has 0 radical (unpaired) electrons. The van der Waals surface area contributed by atoms with Crippen molar-refractivity contribution in [3.05, 3.63) is 42.1 Å². The molecule has 1 aliphatic rings. The van der Waals surface area contributed by atoms with Crippen LogP contribution in [0.3, 0.4) is 0 Å². The van der Waals surface area contributed by atoms with Crippen molar-refractivity contribution in [1.82, 2.24) is 4.98 Å². The largest absolute Gasteiger partial charge is 0.330 e. The summed E-state index contributed by atoms with van der Waals surface area (Å²) in [4.78, 5) is 4.63. The van der Waals surface area contributed by atoms with E-state index in [2.05, 4.69) is 43.1 Å². The lowest BCUT2D eigenvalue weighted by molar-refractivity contribution is 0.166. The molecule has 1 aromatic heterocycles. The molecule has 3 rings (SSSR count). The molecule has 2 heteroatoms. The van der Waals surface area contributed by atoms with Gasteiger partial charge in [-0.2, -0.15) is 0 Å². The van der Waals surface area contributed by atoms with Crippen LogP contribution in [0.4, 0.5) is 0 Å². The van der Waals surface area contributed by atoms with Gasteiger partial charge in [-0.15, -0.1) is 0 Å². The van der Waals surface area contributed by atoms with E-state index in [4.69, 9.17) is 5.73 Å². The van der Waals surface area contributed by atoms with Crippen molar-refractivity contribution in [3.63, 3.8) is 0 Å². The number of hydrogen-bond acceptors (Lipinski definition) is 2. The van der Waals surface area contributed by atoms with E-state index >= 15 is 0 Å². The minimum Gasteiger partial charge on any atom is -0.330 e. The van der Waals surface area contributed by atoms with E-state index in [9.17, 15) is 0 Å². The molecule has 106 valence electrons. The summed E-state index contributed by atoms with van der Waals surface area (Å²) in [6.07, 6.45) is 5.63. The third kappa shape index (κ3) is 2.45. The lowest BCUT2D eigenvalue weighted by Gasteiger charge is -2.41. The van der Waals surface area contributed by atoms with Crippen LogP contribution in [0.2, 0.25) is 0 Å². The Morgan fingerprint density at radius 2 is 2.05 bits per heavy atom. The normalized spacial score (nSPS) is 25.8. The Labute approximate surface area is 121 Å². The van der Waals surface area contributed by atoms with Crippen molar-refractivity contribution < 1.29 is 0 Å². The number of fused-ring (bicyclic) bond motifs is 1. The molecule has 2 N–H and O–H groups in total. The number of benzene rings is 1. The SMILES string of the molecule is CC1(C)CCC(CN)C(c2cccc3cccnc23)C1. The second-order valence-electron chi connectivity index (χ2n) is 6.93. The first kappa shape index (κ1) is 13.6. The van der Waals surface area contributed by atoms with Crippen LogP contribution in [0, 0.1) is 11.3 Å². The van der Waals surface area contributed by atoms with Gasteiger partial charge in [0, 0.05) is 11.6 Å². The molecule has 1 aliphatic carbocycles. The molecule has 2 aromatic rings. The molecule has 2 unspecified atom stereocenters. The molecule has 20 heavy (non-hydrogen) atoms. The summed E-state index contributed by atoms with van der Waals surface area (Å²) in [5, 5.41) is 1.24. The van der Waals surface area contributed by atoms with E-state index < -0.39 is 0 Å². The van der Waals surface area contributed by atoms with E-state index in [1.165, 1.54) is 30.2 Å². The molecule has 1 saturated carbocycles. The zero-order chi connectivity index (χ0) is 14.2. The number of rotatable bonds is 2. The van der Waals surface area contributed by atoms with Gasteiger partial charge in [0.25, 0.3) is 0 Å². The van der Waals surface area contributed by atoms with Crippen LogP contribution < -0.4 is 5.73 Å². The number of aromatic nitrogens is 1. The summed E-state index contributed by atoms with van der Waals surface area (Å²) in [5.74, 6) is 1.14. The first-order valence-electron chi connectivity index (χ1n) is 7.64. The summed E-state index contributed by atoms with van der Waals surface area (Å²) < 4.78 is 0. The molecule has 0 spiro atoms. The Bertz CT molecular complexity index is 598. The second-order valence-corrected chi connectivity index (χ2v) is 6.93. The van der Waals surface area contributed by atoms with Gasteiger partial charge in [-0.1, -0.05) is 38.1 Å². The molecule has 1 fully saturated rings. The van der Waals surface area contributed by atoms with E-state index in [-0.39, 0.29) is 0 Å². The van der Waals surface area contributed by atoms with Crippen LogP contribution in [0.1, 0.15) is 44.6 Å². The predicted molar refractivity (Wildman–Crippen MR) is 84.7 cm³/mol. The van der Waals surface area contributed by atoms with E-state index in [0.29, 0.717) is 17.3 Å². The summed E-state index contributed by atoms with van der Waals surface area (Å²) in [5.41, 5.74) is 9.01. The van der Waals surface area contributed by atoms with Crippen LogP contribution in [-0.4, -0.2) is 11.5 Å². The maximum atomic E-state index is 6.04. The van der Waals surface area contributed by atoms with Crippen LogP contribution in [0.25, 0.3) is 10.9 Å². The monoisotopic (exact) mass is 268 g/mol. The second kappa shape index (κ2) is 5.17. The fourth-order valence-corrected chi connectivity index (χ4v) is 3.71. The Kier molecular flexibility index (Phi) is 3.51. The molecule has 0 amide bonds. The average molecular weight is 268 g/mol. The molecular weight excluding hydrogens is 244 g/mol. The Morgan fingerprint density at radius 3 is 2.85 bits per heavy atom. The first-order valence-corrected chi connectivity index (χ1v) is 7.64. The standard InChI is InChI=1S/C18H24N2/c1-18(2)9-8-14(12-19)16(11-18)15-7-3-5-13-6-4-10-20-17(13)15/h3-7,10,14,16H,8-9,11-12,19H2,1-2H3. The highest BCUT2D eigenvalue weighted by molar-refractivity contribution is 5.82. The fraction of sp³-hybridized carbons (Fsp3) is 0.500. The van der Waals surface area contributed by atoms with Crippen molar-refractivity contribution in [2.45, 2.75) is 39.0 Å². The Balaban J connectivity index is 2.07. The molecule has 2 atom stereocenters. The first-order chi connectivity index (χ1) is 9.61. The number of hydrogen-bond donors (Lipinski definition) is 1. The highest BCUT2D eigenvalue weighted by Crippen LogP contribution is 2.47. The van der Waals surface area contributed by atoms with Crippen LogP contribution >= 0.6 is 0 Å². The minimum absolute atomic E-state index is 0.410. The number of nitrogens with two attached hydrogens (primary N) is 1. The summed E-state index contributed by atoms with van der Waals surface area (Å²) in [7, 11) is 0. The molecule has 0 saturated heterocycles. The maximum absolute atomic E-state index is 6.04. The van der Waals surface area contributed by atoms with Gasteiger partial charge in [0.05, 0.1) is 5.52 Å². The highest BCUT2D eigenvalue weighted by Gasteiger charge is 2.35. The maximum Gasteiger partial charge on any atom is 0.0736 e. The van der Waals surface area contributed by atoms with Crippen molar-refractivity contribution in [3.8, 4) is 0 Å². The fourth-order valence-electron chi connectivity index (χ4n) is 3.71. The van der Waals surface area contributed by atoms with Gasteiger partial charge < -0.3 is 5.73 Å². The lowest BCUT2D eigenvalue weighted by Crippen LogP contribution is -2.32. The van der Waals surface area contributed by atoms with Gasteiger partial charge in [-0.3, -0.25) is 4.98 Å². The summed E-state index contributed by atoms with van der Waals surface area (Å²) in [6.45, 7) is 5.54. The third-order valence-corrected chi connectivity index (χ3v) is 4.90. The molecule has 1 aromatic carbocycles. The topological polar surface area (TPSA) is 38.9 Å². The number of pyridine rings is 1. The molecule has 1 heterocycles. The molecule has 2 nitrogen and oxygen atoms in total. The smallest absolute Gasteiger partial charge is 0.0736 e. The van der Waals surface area contributed by atoms with Crippen molar-refractivity contribution in [1.29, 1.82) is 0 Å². The van der Waals surface area contributed by atoms with Crippen molar-refractivity contribution in [2.24, 2.45) is 17.1 Å². The van der Waals surface area contributed by atoms with Crippen LogP contribution in [0.15, 0.2) is 36.5 Å². The van der Waals surface area contributed by atoms with Gasteiger partial charge in [0.2, 0.25) is 0 Å².